The normalized spacial score (nSPS) is 25.8. The van der Waals surface area contributed by atoms with Gasteiger partial charge >= 0.3 is 0 Å². The van der Waals surface area contributed by atoms with Crippen molar-refractivity contribution in [2.45, 2.75) is 33.2 Å². The van der Waals surface area contributed by atoms with Crippen molar-refractivity contribution in [2.24, 2.45) is 17.6 Å². The lowest BCUT2D eigenvalue weighted by Gasteiger charge is -2.22. The van der Waals surface area contributed by atoms with E-state index in [4.69, 9.17) is 5.73 Å². The summed E-state index contributed by atoms with van der Waals surface area (Å²) >= 11 is 0. The zero-order chi connectivity index (χ0) is 10.0. The molecule has 76 valence electrons. The van der Waals surface area contributed by atoms with Crippen LogP contribution in [0.2, 0.25) is 0 Å². The van der Waals surface area contributed by atoms with Crippen LogP contribution in [0.25, 0.3) is 0 Å². The van der Waals surface area contributed by atoms with Gasteiger partial charge in [-0.25, -0.2) is 0 Å². The summed E-state index contributed by atoms with van der Waals surface area (Å²) in [5, 5.41) is 0. The maximum atomic E-state index is 11.8. The Hall–Kier alpha value is -0.570. The quantitative estimate of drug-likeness (QED) is 0.706. The van der Waals surface area contributed by atoms with Gasteiger partial charge in [0, 0.05) is 18.5 Å². The van der Waals surface area contributed by atoms with Crippen molar-refractivity contribution in [3.8, 4) is 0 Å². The van der Waals surface area contributed by atoms with Crippen LogP contribution in [0.1, 0.15) is 27.2 Å². The van der Waals surface area contributed by atoms with Crippen molar-refractivity contribution >= 4 is 5.91 Å². The average Bonchev–Trinajstić information content (AvgIpc) is 2.46. The average molecular weight is 184 g/mol. The Bertz CT molecular complexity index is 191. The molecule has 3 nitrogen and oxygen atoms in total. The third kappa shape index (κ3) is 2.02. The first-order valence-corrected chi connectivity index (χ1v) is 5.08. The summed E-state index contributed by atoms with van der Waals surface area (Å²) in [6.07, 6.45) is 0.982. The zero-order valence-corrected chi connectivity index (χ0v) is 8.79. The highest BCUT2D eigenvalue weighted by atomic mass is 16.2. The highest BCUT2D eigenvalue weighted by molar-refractivity contribution is 5.81. The van der Waals surface area contributed by atoms with Crippen LogP contribution in [0.5, 0.6) is 0 Å². The molecular weight excluding hydrogens is 164 g/mol. The van der Waals surface area contributed by atoms with Gasteiger partial charge < -0.3 is 10.6 Å². The molecule has 1 amide bonds. The molecule has 2 N–H and O–H groups in total. The van der Waals surface area contributed by atoms with E-state index in [1.54, 1.807) is 0 Å². The van der Waals surface area contributed by atoms with Crippen LogP contribution in [-0.4, -0.2) is 29.9 Å². The van der Waals surface area contributed by atoms with E-state index in [9.17, 15) is 4.79 Å². The summed E-state index contributed by atoms with van der Waals surface area (Å²) in [5.41, 5.74) is 5.56. The van der Waals surface area contributed by atoms with E-state index >= 15 is 0 Å². The molecule has 1 saturated heterocycles. The summed E-state index contributed by atoms with van der Waals surface area (Å²) in [5.74, 6) is 0.802. The molecule has 0 aromatic rings. The van der Waals surface area contributed by atoms with Gasteiger partial charge in [-0.15, -0.1) is 0 Å². The Kier molecular flexibility index (Phi) is 3.31. The predicted octanol–water partition coefficient (Wildman–Crippen LogP) is 0.838. The lowest BCUT2D eigenvalue weighted by molar-refractivity contribution is -0.133. The molecule has 0 aromatic carbocycles. The first kappa shape index (κ1) is 10.5. The number of hydrogen-bond donors (Lipinski definition) is 1. The van der Waals surface area contributed by atoms with Gasteiger partial charge in [-0.1, -0.05) is 6.92 Å². The standard InChI is InChI=1S/C10H20N2O/c1-7(2)12-5-4-9(10(12)13)8(3)6-11/h7-9H,4-6,11H2,1-3H3. The number of hydrogen-bond acceptors (Lipinski definition) is 2. The van der Waals surface area contributed by atoms with Gasteiger partial charge in [0.1, 0.15) is 0 Å². The topological polar surface area (TPSA) is 46.3 Å². The Labute approximate surface area is 80.3 Å². The molecule has 1 rings (SSSR count). The second-order valence-corrected chi connectivity index (χ2v) is 4.23. The lowest BCUT2D eigenvalue weighted by atomic mass is 9.93. The van der Waals surface area contributed by atoms with Crippen molar-refractivity contribution in [3.63, 3.8) is 0 Å². The third-order valence-electron chi connectivity index (χ3n) is 2.96. The molecule has 2 unspecified atom stereocenters. The van der Waals surface area contributed by atoms with E-state index in [0.717, 1.165) is 13.0 Å². The van der Waals surface area contributed by atoms with Gasteiger partial charge in [0.25, 0.3) is 0 Å². The summed E-state index contributed by atoms with van der Waals surface area (Å²) in [7, 11) is 0. The zero-order valence-electron chi connectivity index (χ0n) is 8.79. The van der Waals surface area contributed by atoms with Gasteiger partial charge in [0.15, 0.2) is 0 Å². The van der Waals surface area contributed by atoms with E-state index in [2.05, 4.69) is 20.8 Å². The van der Waals surface area contributed by atoms with Crippen molar-refractivity contribution < 1.29 is 4.79 Å². The Balaban J connectivity index is 2.60. The fourth-order valence-corrected chi connectivity index (χ4v) is 1.93. The second kappa shape index (κ2) is 4.09. The molecule has 1 heterocycles. The van der Waals surface area contributed by atoms with E-state index in [-0.39, 0.29) is 5.92 Å². The first-order chi connectivity index (χ1) is 6.07. The number of likely N-dealkylation sites (tertiary alicyclic amines) is 1. The minimum absolute atomic E-state index is 0.174. The monoisotopic (exact) mass is 184 g/mol. The van der Waals surface area contributed by atoms with Gasteiger partial charge in [0.2, 0.25) is 5.91 Å². The van der Waals surface area contributed by atoms with E-state index in [1.807, 2.05) is 4.90 Å². The molecule has 2 atom stereocenters. The Morgan fingerprint density at radius 1 is 1.54 bits per heavy atom. The Morgan fingerprint density at radius 2 is 2.15 bits per heavy atom. The molecule has 0 bridgehead atoms. The summed E-state index contributed by atoms with van der Waals surface area (Å²) < 4.78 is 0. The maximum absolute atomic E-state index is 11.8. The molecule has 1 aliphatic rings. The van der Waals surface area contributed by atoms with E-state index < -0.39 is 0 Å². The summed E-state index contributed by atoms with van der Waals surface area (Å²) in [4.78, 5) is 13.8. The van der Waals surface area contributed by atoms with Gasteiger partial charge in [-0.05, 0) is 32.7 Å². The molecule has 13 heavy (non-hydrogen) atoms. The highest BCUT2D eigenvalue weighted by Crippen LogP contribution is 2.26. The number of rotatable bonds is 3. The van der Waals surface area contributed by atoms with Crippen LogP contribution < -0.4 is 5.73 Å². The van der Waals surface area contributed by atoms with Gasteiger partial charge in [-0.2, -0.15) is 0 Å². The smallest absolute Gasteiger partial charge is 0.226 e. The number of carbonyl (C=O) groups is 1. The van der Waals surface area contributed by atoms with Crippen molar-refractivity contribution in [1.29, 1.82) is 0 Å². The molecule has 0 radical (unpaired) electrons. The van der Waals surface area contributed by atoms with E-state index in [0.29, 0.717) is 24.4 Å². The van der Waals surface area contributed by atoms with Gasteiger partial charge in [-0.3, -0.25) is 4.79 Å². The molecular formula is C10H20N2O. The molecule has 0 aliphatic carbocycles. The largest absolute Gasteiger partial charge is 0.340 e. The van der Waals surface area contributed by atoms with Crippen LogP contribution in [0.15, 0.2) is 0 Å². The summed E-state index contributed by atoms with van der Waals surface area (Å²) in [6, 6.07) is 0.336. The molecule has 0 aromatic heterocycles. The minimum Gasteiger partial charge on any atom is -0.340 e. The maximum Gasteiger partial charge on any atom is 0.226 e. The van der Waals surface area contributed by atoms with Crippen LogP contribution in [-0.2, 0) is 4.79 Å². The van der Waals surface area contributed by atoms with Crippen LogP contribution >= 0.6 is 0 Å². The number of nitrogens with two attached hydrogens (primary N) is 1. The highest BCUT2D eigenvalue weighted by Gasteiger charge is 2.35. The Morgan fingerprint density at radius 3 is 2.54 bits per heavy atom. The van der Waals surface area contributed by atoms with Crippen LogP contribution in [0.3, 0.4) is 0 Å². The predicted molar refractivity (Wildman–Crippen MR) is 53.2 cm³/mol. The minimum atomic E-state index is 0.174. The van der Waals surface area contributed by atoms with Gasteiger partial charge in [0.05, 0.1) is 0 Å². The number of carbonyl (C=O) groups excluding carboxylic acids is 1. The lowest BCUT2D eigenvalue weighted by Crippen LogP contribution is -2.36. The van der Waals surface area contributed by atoms with Crippen LogP contribution in [0, 0.1) is 11.8 Å². The number of nitrogens with zero attached hydrogens (tertiary/aromatic N) is 1. The van der Waals surface area contributed by atoms with Crippen molar-refractivity contribution in [3.05, 3.63) is 0 Å². The van der Waals surface area contributed by atoms with Crippen LogP contribution in [0.4, 0.5) is 0 Å². The fourth-order valence-electron chi connectivity index (χ4n) is 1.93. The SMILES string of the molecule is CC(CN)C1CCN(C(C)C)C1=O. The summed E-state index contributed by atoms with van der Waals surface area (Å²) in [6.45, 7) is 7.71. The number of amides is 1. The molecule has 0 spiro atoms. The molecule has 1 aliphatic heterocycles. The third-order valence-corrected chi connectivity index (χ3v) is 2.96. The first-order valence-electron chi connectivity index (χ1n) is 5.08. The fraction of sp³-hybridized carbons (Fsp3) is 0.900. The molecule has 3 heteroatoms. The molecule has 0 saturated carbocycles. The van der Waals surface area contributed by atoms with Crippen molar-refractivity contribution in [2.75, 3.05) is 13.1 Å². The van der Waals surface area contributed by atoms with E-state index in [1.165, 1.54) is 0 Å². The molecule has 1 fully saturated rings. The van der Waals surface area contributed by atoms with Crippen molar-refractivity contribution in [1.82, 2.24) is 4.90 Å². The second-order valence-electron chi connectivity index (χ2n) is 4.23.